The monoisotopic (exact) mass is 333 g/mol. The number of nitrogens with zero attached hydrogens (tertiary/aromatic N) is 5. The molecule has 2 aliphatic heterocycles. The van der Waals surface area contributed by atoms with Crippen LogP contribution in [0.5, 0.6) is 0 Å². The lowest BCUT2D eigenvalue weighted by Crippen LogP contribution is -2.47. The van der Waals surface area contributed by atoms with Gasteiger partial charge in [-0.15, -0.1) is 0 Å². The zero-order chi connectivity index (χ0) is 17.1. The Hall–Kier alpha value is -1.40. The van der Waals surface area contributed by atoms with Gasteiger partial charge in [-0.05, 0) is 33.6 Å². The zero-order valence-corrected chi connectivity index (χ0v) is 15.6. The quantitative estimate of drug-likeness (QED) is 0.819. The van der Waals surface area contributed by atoms with Crippen LogP contribution in [0.4, 0.5) is 11.8 Å². The Balaban J connectivity index is 1.74. The van der Waals surface area contributed by atoms with Crippen molar-refractivity contribution in [3.63, 3.8) is 0 Å². The minimum Gasteiger partial charge on any atom is -0.379 e. The van der Waals surface area contributed by atoms with Crippen LogP contribution in [0.15, 0.2) is 0 Å². The van der Waals surface area contributed by atoms with Crippen LogP contribution in [0.25, 0.3) is 0 Å². The van der Waals surface area contributed by atoms with Crippen molar-refractivity contribution in [1.82, 2.24) is 14.9 Å². The molecule has 1 aromatic rings. The van der Waals surface area contributed by atoms with Crippen molar-refractivity contribution in [3.05, 3.63) is 11.3 Å². The van der Waals surface area contributed by atoms with Gasteiger partial charge in [-0.2, -0.15) is 4.98 Å². The van der Waals surface area contributed by atoms with E-state index in [1.54, 1.807) is 0 Å². The smallest absolute Gasteiger partial charge is 0.227 e. The molecular weight excluding hydrogens is 302 g/mol. The molecule has 6 nitrogen and oxygen atoms in total. The average Bonchev–Trinajstić information content (AvgIpc) is 3.12. The molecule has 0 aliphatic carbocycles. The van der Waals surface area contributed by atoms with E-state index in [2.05, 4.69) is 42.5 Å². The third kappa shape index (κ3) is 3.81. The second-order valence-electron chi connectivity index (χ2n) is 7.13. The Kier molecular flexibility index (Phi) is 5.56. The summed E-state index contributed by atoms with van der Waals surface area (Å²) in [5, 5.41) is 0. The summed E-state index contributed by atoms with van der Waals surface area (Å²) in [6.07, 6.45) is 2.49. The first kappa shape index (κ1) is 17.4. The molecule has 1 unspecified atom stereocenters. The van der Waals surface area contributed by atoms with Gasteiger partial charge in [-0.1, -0.05) is 0 Å². The van der Waals surface area contributed by atoms with E-state index >= 15 is 0 Å². The van der Waals surface area contributed by atoms with Crippen molar-refractivity contribution in [2.24, 2.45) is 0 Å². The molecule has 2 fully saturated rings. The molecule has 0 bridgehead atoms. The Morgan fingerprint density at radius 3 is 2.42 bits per heavy atom. The van der Waals surface area contributed by atoms with Crippen LogP contribution in [0.1, 0.15) is 31.0 Å². The summed E-state index contributed by atoms with van der Waals surface area (Å²) in [5.41, 5.74) is 2.28. The highest BCUT2D eigenvalue weighted by molar-refractivity contribution is 5.52. The zero-order valence-electron chi connectivity index (χ0n) is 15.6. The van der Waals surface area contributed by atoms with E-state index in [1.165, 1.54) is 18.4 Å². The first-order valence-corrected chi connectivity index (χ1v) is 9.19. The summed E-state index contributed by atoms with van der Waals surface area (Å²) >= 11 is 0. The topological polar surface area (TPSA) is 44.7 Å². The Morgan fingerprint density at radius 2 is 1.75 bits per heavy atom. The molecule has 1 atom stereocenters. The predicted octanol–water partition coefficient (Wildman–Crippen LogP) is 1.85. The second-order valence-corrected chi connectivity index (χ2v) is 7.13. The highest BCUT2D eigenvalue weighted by atomic mass is 16.5. The number of hydrogen-bond acceptors (Lipinski definition) is 6. The largest absolute Gasteiger partial charge is 0.379 e. The van der Waals surface area contributed by atoms with Crippen LogP contribution in [-0.2, 0) is 4.74 Å². The van der Waals surface area contributed by atoms with Crippen molar-refractivity contribution in [2.75, 3.05) is 62.8 Å². The summed E-state index contributed by atoms with van der Waals surface area (Å²) in [4.78, 5) is 16.8. The summed E-state index contributed by atoms with van der Waals surface area (Å²) in [6.45, 7) is 13.4. The third-order valence-electron chi connectivity index (χ3n) is 5.31. The van der Waals surface area contributed by atoms with Gasteiger partial charge in [0.2, 0.25) is 5.95 Å². The van der Waals surface area contributed by atoms with Gasteiger partial charge in [0, 0.05) is 57.1 Å². The lowest BCUT2D eigenvalue weighted by Gasteiger charge is -2.35. The Labute approximate surface area is 145 Å². The second kappa shape index (κ2) is 7.66. The summed E-state index contributed by atoms with van der Waals surface area (Å²) in [6, 6.07) is 0.490. The molecule has 1 aromatic heterocycles. The maximum atomic E-state index is 5.47. The lowest BCUT2D eigenvalue weighted by molar-refractivity contribution is 0.0217. The number of likely N-dealkylation sites (N-methyl/N-ethyl adjacent to an activating group) is 1. The van der Waals surface area contributed by atoms with Gasteiger partial charge >= 0.3 is 0 Å². The molecule has 2 aliphatic rings. The van der Waals surface area contributed by atoms with E-state index in [0.717, 1.165) is 63.4 Å². The van der Waals surface area contributed by atoms with E-state index in [0.29, 0.717) is 6.04 Å². The normalized spacial score (nSPS) is 20.4. The predicted molar refractivity (Wildman–Crippen MR) is 98.1 cm³/mol. The van der Waals surface area contributed by atoms with Crippen molar-refractivity contribution in [3.8, 4) is 0 Å². The molecule has 0 N–H and O–H groups in total. The van der Waals surface area contributed by atoms with Gasteiger partial charge in [-0.3, -0.25) is 4.90 Å². The molecule has 134 valence electrons. The molecule has 0 saturated carbocycles. The van der Waals surface area contributed by atoms with E-state index in [-0.39, 0.29) is 0 Å². The Morgan fingerprint density at radius 1 is 1.08 bits per heavy atom. The van der Waals surface area contributed by atoms with E-state index in [1.807, 2.05) is 0 Å². The fraction of sp³-hybridized carbons (Fsp3) is 0.778. The van der Waals surface area contributed by atoms with Crippen molar-refractivity contribution in [2.45, 2.75) is 39.7 Å². The fourth-order valence-electron chi connectivity index (χ4n) is 3.65. The molecule has 0 aromatic carbocycles. The highest BCUT2D eigenvalue weighted by Gasteiger charge is 2.22. The van der Waals surface area contributed by atoms with Crippen LogP contribution in [0.2, 0.25) is 0 Å². The van der Waals surface area contributed by atoms with Crippen LogP contribution < -0.4 is 9.80 Å². The molecule has 0 radical (unpaired) electrons. The SMILES string of the molecule is Cc1nc(N2CCCC2)nc(N(C)CC(C)N2CCOCC2)c1C. The molecule has 24 heavy (non-hydrogen) atoms. The molecule has 3 rings (SSSR count). The minimum atomic E-state index is 0.490. The van der Waals surface area contributed by atoms with Crippen LogP contribution in [-0.4, -0.2) is 73.9 Å². The number of anilines is 2. The van der Waals surface area contributed by atoms with Gasteiger partial charge in [0.15, 0.2) is 0 Å². The standard InChI is InChI=1S/C18H31N5O/c1-14(22-9-11-24-12-10-22)13-21(4)17-15(2)16(3)19-18(20-17)23-7-5-6-8-23/h14H,5-13H2,1-4H3. The highest BCUT2D eigenvalue weighted by Crippen LogP contribution is 2.24. The molecule has 6 heteroatoms. The maximum absolute atomic E-state index is 5.47. The molecule has 3 heterocycles. The van der Waals surface area contributed by atoms with E-state index in [4.69, 9.17) is 14.7 Å². The number of aromatic nitrogens is 2. The van der Waals surface area contributed by atoms with Gasteiger partial charge < -0.3 is 14.5 Å². The first-order valence-electron chi connectivity index (χ1n) is 9.19. The van der Waals surface area contributed by atoms with E-state index in [9.17, 15) is 0 Å². The van der Waals surface area contributed by atoms with Gasteiger partial charge in [0.05, 0.1) is 13.2 Å². The number of ether oxygens (including phenoxy) is 1. The first-order chi connectivity index (χ1) is 11.6. The average molecular weight is 333 g/mol. The molecular formula is C18H31N5O. The number of aryl methyl sites for hydroxylation is 1. The van der Waals surface area contributed by atoms with Crippen LogP contribution >= 0.6 is 0 Å². The fourth-order valence-corrected chi connectivity index (χ4v) is 3.65. The van der Waals surface area contributed by atoms with Crippen LogP contribution in [0, 0.1) is 13.8 Å². The number of hydrogen-bond donors (Lipinski definition) is 0. The van der Waals surface area contributed by atoms with E-state index < -0.39 is 0 Å². The van der Waals surface area contributed by atoms with Crippen molar-refractivity contribution >= 4 is 11.8 Å². The number of morpholine rings is 1. The third-order valence-corrected chi connectivity index (χ3v) is 5.31. The summed E-state index contributed by atoms with van der Waals surface area (Å²) in [7, 11) is 2.15. The summed E-state index contributed by atoms with van der Waals surface area (Å²) in [5.74, 6) is 1.97. The lowest BCUT2D eigenvalue weighted by atomic mass is 10.2. The van der Waals surface area contributed by atoms with Crippen molar-refractivity contribution < 1.29 is 4.74 Å². The van der Waals surface area contributed by atoms with Crippen molar-refractivity contribution in [1.29, 1.82) is 0 Å². The molecule has 2 saturated heterocycles. The minimum absolute atomic E-state index is 0.490. The van der Waals surface area contributed by atoms with Gasteiger partial charge in [-0.25, -0.2) is 4.98 Å². The number of rotatable bonds is 5. The van der Waals surface area contributed by atoms with Crippen LogP contribution in [0.3, 0.4) is 0 Å². The van der Waals surface area contributed by atoms with Gasteiger partial charge in [0.25, 0.3) is 0 Å². The summed E-state index contributed by atoms with van der Waals surface area (Å²) < 4.78 is 5.47. The maximum Gasteiger partial charge on any atom is 0.227 e. The molecule has 0 amide bonds. The van der Waals surface area contributed by atoms with Gasteiger partial charge in [0.1, 0.15) is 5.82 Å². The Bertz CT molecular complexity index is 553. The molecule has 0 spiro atoms.